The third kappa shape index (κ3) is 4.06. The molecule has 0 spiro atoms. The highest BCUT2D eigenvalue weighted by atomic mass is 19.2. The molecule has 0 N–H and O–H groups in total. The lowest BCUT2D eigenvalue weighted by Gasteiger charge is -2.26. The molecule has 132 valence electrons. The molecule has 25 heavy (non-hydrogen) atoms. The van der Waals surface area contributed by atoms with E-state index in [2.05, 4.69) is 6.58 Å². The Bertz CT molecular complexity index is 777. The Balaban J connectivity index is 1.63. The van der Waals surface area contributed by atoms with Crippen LogP contribution in [0.4, 0.5) is 8.78 Å². The minimum Gasteiger partial charge on any atom is -0.426 e. The molecule has 2 nitrogen and oxygen atoms in total. The number of halogens is 2. The smallest absolute Gasteiger partial charge is 0.314 e. The second-order valence-electron chi connectivity index (χ2n) is 6.75. The molecular formula is C21H22F2O2. The first-order valence-corrected chi connectivity index (χ1v) is 8.79. The number of carbonyl (C=O) groups excluding carboxylic acids is 1. The van der Waals surface area contributed by atoms with Crippen LogP contribution in [0.1, 0.15) is 38.5 Å². The summed E-state index contributed by atoms with van der Waals surface area (Å²) in [5, 5.41) is 0.694. The highest BCUT2D eigenvalue weighted by Crippen LogP contribution is 2.33. The topological polar surface area (TPSA) is 26.3 Å². The first-order valence-electron chi connectivity index (χ1n) is 8.79. The zero-order valence-corrected chi connectivity index (χ0v) is 14.1. The molecule has 0 atom stereocenters. The van der Waals surface area contributed by atoms with E-state index in [1.165, 1.54) is 18.2 Å². The fourth-order valence-corrected chi connectivity index (χ4v) is 3.55. The first-order chi connectivity index (χ1) is 12.1. The van der Waals surface area contributed by atoms with Gasteiger partial charge in [0.15, 0.2) is 11.6 Å². The minimum absolute atomic E-state index is 0.0827. The number of hydrogen-bond donors (Lipinski definition) is 0. The molecule has 1 saturated carbocycles. The van der Waals surface area contributed by atoms with Crippen molar-refractivity contribution in [3.8, 4) is 5.75 Å². The molecule has 0 saturated heterocycles. The Labute approximate surface area is 146 Å². The van der Waals surface area contributed by atoms with Gasteiger partial charge in [0.1, 0.15) is 5.75 Å². The van der Waals surface area contributed by atoms with Crippen molar-refractivity contribution >= 4 is 16.7 Å². The van der Waals surface area contributed by atoms with Gasteiger partial charge in [0, 0.05) is 5.39 Å². The SMILES string of the molecule is C=CCCC1CCC(C(=O)Oc2ccc3c(F)c(F)ccc3c2)CC1. The van der Waals surface area contributed by atoms with Crippen LogP contribution in [0.2, 0.25) is 0 Å². The van der Waals surface area contributed by atoms with E-state index in [9.17, 15) is 13.6 Å². The molecule has 2 aromatic carbocycles. The maximum Gasteiger partial charge on any atom is 0.314 e. The molecule has 3 rings (SSSR count). The maximum absolute atomic E-state index is 13.7. The van der Waals surface area contributed by atoms with Crippen LogP contribution < -0.4 is 4.74 Å². The van der Waals surface area contributed by atoms with Crippen molar-refractivity contribution in [3.63, 3.8) is 0 Å². The fraction of sp³-hybridized carbons (Fsp3) is 0.381. The Morgan fingerprint density at radius 3 is 2.64 bits per heavy atom. The van der Waals surface area contributed by atoms with E-state index < -0.39 is 11.6 Å². The van der Waals surface area contributed by atoms with Crippen molar-refractivity contribution in [2.45, 2.75) is 38.5 Å². The van der Waals surface area contributed by atoms with Crippen LogP contribution >= 0.6 is 0 Å². The molecule has 0 aliphatic heterocycles. The summed E-state index contributed by atoms with van der Waals surface area (Å²) in [6.45, 7) is 3.75. The van der Waals surface area contributed by atoms with Gasteiger partial charge >= 0.3 is 5.97 Å². The number of rotatable bonds is 5. The van der Waals surface area contributed by atoms with E-state index in [4.69, 9.17) is 4.74 Å². The van der Waals surface area contributed by atoms with Crippen molar-refractivity contribution in [1.29, 1.82) is 0 Å². The summed E-state index contributed by atoms with van der Waals surface area (Å²) < 4.78 is 32.4. The Morgan fingerprint density at radius 2 is 1.92 bits per heavy atom. The van der Waals surface area contributed by atoms with E-state index >= 15 is 0 Å². The van der Waals surface area contributed by atoms with Crippen LogP contribution in [0.3, 0.4) is 0 Å². The summed E-state index contributed by atoms with van der Waals surface area (Å²) in [4.78, 5) is 12.4. The third-order valence-electron chi connectivity index (χ3n) is 5.06. The first kappa shape index (κ1) is 17.6. The average Bonchev–Trinajstić information content (AvgIpc) is 2.63. The van der Waals surface area contributed by atoms with E-state index in [0.29, 0.717) is 17.1 Å². The summed E-state index contributed by atoms with van der Waals surface area (Å²) in [7, 11) is 0. The fourth-order valence-electron chi connectivity index (χ4n) is 3.55. The quantitative estimate of drug-likeness (QED) is 0.389. The van der Waals surface area contributed by atoms with Gasteiger partial charge in [-0.2, -0.15) is 0 Å². The Morgan fingerprint density at radius 1 is 1.16 bits per heavy atom. The van der Waals surface area contributed by atoms with Gasteiger partial charge < -0.3 is 4.74 Å². The zero-order chi connectivity index (χ0) is 17.8. The average molecular weight is 344 g/mol. The molecular weight excluding hydrogens is 322 g/mol. The largest absolute Gasteiger partial charge is 0.426 e. The van der Waals surface area contributed by atoms with E-state index in [0.717, 1.165) is 44.6 Å². The second kappa shape index (κ2) is 7.77. The Kier molecular flexibility index (Phi) is 5.47. The van der Waals surface area contributed by atoms with Crippen LogP contribution in [-0.4, -0.2) is 5.97 Å². The number of esters is 1. The Hall–Kier alpha value is -2.23. The van der Waals surface area contributed by atoms with Gasteiger partial charge in [0.2, 0.25) is 0 Å². The summed E-state index contributed by atoms with van der Waals surface area (Å²) in [5.41, 5.74) is 0. The molecule has 0 unspecified atom stereocenters. The van der Waals surface area contributed by atoms with Crippen molar-refractivity contribution < 1.29 is 18.3 Å². The molecule has 4 heteroatoms. The number of hydrogen-bond acceptors (Lipinski definition) is 2. The molecule has 0 aromatic heterocycles. The lowest BCUT2D eigenvalue weighted by atomic mass is 9.80. The number of ether oxygens (including phenoxy) is 1. The number of carbonyl (C=O) groups is 1. The van der Waals surface area contributed by atoms with E-state index in [1.807, 2.05) is 6.08 Å². The van der Waals surface area contributed by atoms with Crippen molar-refractivity contribution in [3.05, 3.63) is 54.6 Å². The van der Waals surface area contributed by atoms with Crippen LogP contribution in [-0.2, 0) is 4.79 Å². The van der Waals surface area contributed by atoms with E-state index in [1.54, 1.807) is 6.07 Å². The van der Waals surface area contributed by atoms with Crippen molar-refractivity contribution in [2.75, 3.05) is 0 Å². The van der Waals surface area contributed by atoms with Gasteiger partial charge in [-0.25, -0.2) is 8.78 Å². The minimum atomic E-state index is -0.884. The van der Waals surface area contributed by atoms with Gasteiger partial charge in [-0.15, -0.1) is 6.58 Å². The van der Waals surface area contributed by atoms with Crippen LogP contribution in [0.5, 0.6) is 5.75 Å². The van der Waals surface area contributed by atoms with Gasteiger partial charge in [-0.1, -0.05) is 12.1 Å². The van der Waals surface area contributed by atoms with Crippen LogP contribution in [0.15, 0.2) is 43.0 Å². The molecule has 0 bridgehead atoms. The van der Waals surface area contributed by atoms with E-state index in [-0.39, 0.29) is 17.3 Å². The maximum atomic E-state index is 13.7. The second-order valence-corrected chi connectivity index (χ2v) is 6.75. The summed E-state index contributed by atoms with van der Waals surface area (Å²) in [6.07, 6.45) is 7.86. The molecule has 1 aliphatic carbocycles. The van der Waals surface area contributed by atoms with Gasteiger partial charge in [0.05, 0.1) is 5.92 Å². The molecule has 1 aliphatic rings. The molecule has 0 heterocycles. The highest BCUT2D eigenvalue weighted by Gasteiger charge is 2.27. The van der Waals surface area contributed by atoms with Gasteiger partial charge in [0.25, 0.3) is 0 Å². The third-order valence-corrected chi connectivity index (χ3v) is 5.06. The standard InChI is InChI=1S/C21H22F2O2/c1-2-3-4-14-5-7-15(8-6-14)21(24)25-17-10-11-18-16(13-17)9-12-19(22)20(18)23/h2,9-15H,1,3-8H2. The lowest BCUT2D eigenvalue weighted by molar-refractivity contribution is -0.140. The van der Waals surface area contributed by atoms with Crippen molar-refractivity contribution in [2.24, 2.45) is 11.8 Å². The molecule has 0 radical (unpaired) electrons. The zero-order valence-electron chi connectivity index (χ0n) is 14.1. The monoisotopic (exact) mass is 344 g/mol. The van der Waals surface area contributed by atoms with Crippen LogP contribution in [0.25, 0.3) is 10.8 Å². The molecule has 2 aromatic rings. The van der Waals surface area contributed by atoms with Gasteiger partial charge in [-0.3, -0.25) is 4.79 Å². The summed E-state index contributed by atoms with van der Waals surface area (Å²) in [6, 6.07) is 7.09. The summed E-state index contributed by atoms with van der Waals surface area (Å²) in [5.74, 6) is -1.04. The highest BCUT2D eigenvalue weighted by molar-refractivity contribution is 5.85. The van der Waals surface area contributed by atoms with Crippen molar-refractivity contribution in [1.82, 2.24) is 0 Å². The predicted octanol–water partition coefficient (Wildman–Crippen LogP) is 5.80. The predicted molar refractivity (Wildman–Crippen MR) is 94.4 cm³/mol. The number of fused-ring (bicyclic) bond motifs is 1. The molecule has 0 amide bonds. The van der Waals surface area contributed by atoms with Crippen LogP contribution in [0, 0.1) is 23.5 Å². The summed E-state index contributed by atoms with van der Waals surface area (Å²) >= 11 is 0. The molecule has 1 fully saturated rings. The lowest BCUT2D eigenvalue weighted by Crippen LogP contribution is -2.25. The normalized spacial score (nSPS) is 20.4. The number of allylic oxidation sites excluding steroid dienone is 1. The number of benzene rings is 2. The van der Waals surface area contributed by atoms with Gasteiger partial charge in [-0.05, 0) is 74.1 Å².